The van der Waals surface area contributed by atoms with Crippen molar-refractivity contribution in [3.8, 4) is 16.9 Å². The predicted molar refractivity (Wildman–Crippen MR) is 90.8 cm³/mol. The van der Waals surface area contributed by atoms with Crippen LogP contribution in [-0.2, 0) is 0 Å². The van der Waals surface area contributed by atoms with Crippen molar-refractivity contribution in [3.63, 3.8) is 0 Å². The predicted octanol–water partition coefficient (Wildman–Crippen LogP) is 4.90. The van der Waals surface area contributed by atoms with Gasteiger partial charge in [-0.1, -0.05) is 30.3 Å². The molecule has 0 spiro atoms. The average molecular weight is 358 g/mol. The molecule has 132 valence electrons. The molecule has 3 rings (SSSR count). The molecule has 3 aromatic rings. The standard InChI is InChI=1S/C19H13F3N2O2/c20-19(21,22)26-17-8-6-13(7-9-17)15-10-16(12-23-11-15)24-18(25)14-4-2-1-3-5-14/h1-12H,(H,24,25). The normalized spacial score (nSPS) is 11.0. The van der Waals surface area contributed by atoms with Crippen molar-refractivity contribution in [2.24, 2.45) is 0 Å². The summed E-state index contributed by atoms with van der Waals surface area (Å²) in [5.74, 6) is -0.582. The van der Waals surface area contributed by atoms with Gasteiger partial charge in [-0.05, 0) is 35.9 Å². The number of alkyl halides is 3. The number of hydrogen-bond acceptors (Lipinski definition) is 3. The van der Waals surface area contributed by atoms with E-state index in [1.54, 1.807) is 36.5 Å². The summed E-state index contributed by atoms with van der Waals surface area (Å²) in [5, 5.41) is 2.74. The molecule has 0 aliphatic rings. The van der Waals surface area contributed by atoms with Gasteiger partial charge in [0.1, 0.15) is 5.75 Å². The highest BCUT2D eigenvalue weighted by Gasteiger charge is 2.30. The van der Waals surface area contributed by atoms with E-state index in [4.69, 9.17) is 0 Å². The van der Waals surface area contributed by atoms with Crippen LogP contribution in [0.3, 0.4) is 0 Å². The number of carbonyl (C=O) groups excluding carboxylic acids is 1. The third kappa shape index (κ3) is 4.60. The van der Waals surface area contributed by atoms with Gasteiger partial charge in [0.2, 0.25) is 0 Å². The van der Waals surface area contributed by atoms with Crippen LogP contribution < -0.4 is 10.1 Å². The quantitative estimate of drug-likeness (QED) is 0.722. The molecule has 26 heavy (non-hydrogen) atoms. The van der Waals surface area contributed by atoms with E-state index < -0.39 is 6.36 Å². The maximum absolute atomic E-state index is 12.2. The van der Waals surface area contributed by atoms with Crippen molar-refractivity contribution in [3.05, 3.63) is 78.6 Å². The van der Waals surface area contributed by atoms with Gasteiger partial charge < -0.3 is 10.1 Å². The highest BCUT2D eigenvalue weighted by molar-refractivity contribution is 6.04. The molecule has 0 bridgehead atoms. The Morgan fingerprint density at radius 1 is 0.923 bits per heavy atom. The van der Waals surface area contributed by atoms with Crippen molar-refractivity contribution in [2.45, 2.75) is 6.36 Å². The number of carbonyl (C=O) groups is 1. The van der Waals surface area contributed by atoms with Crippen molar-refractivity contribution in [2.75, 3.05) is 5.32 Å². The number of ether oxygens (including phenoxy) is 1. The van der Waals surface area contributed by atoms with Crippen molar-refractivity contribution >= 4 is 11.6 Å². The molecule has 0 saturated heterocycles. The van der Waals surface area contributed by atoms with Gasteiger partial charge in [0.25, 0.3) is 5.91 Å². The van der Waals surface area contributed by atoms with E-state index in [9.17, 15) is 18.0 Å². The van der Waals surface area contributed by atoms with Crippen LogP contribution in [-0.4, -0.2) is 17.3 Å². The van der Waals surface area contributed by atoms with Gasteiger partial charge in [-0.15, -0.1) is 13.2 Å². The average Bonchev–Trinajstić information content (AvgIpc) is 2.62. The van der Waals surface area contributed by atoms with Crippen LogP contribution in [0.4, 0.5) is 18.9 Å². The fraction of sp³-hybridized carbons (Fsp3) is 0.0526. The van der Waals surface area contributed by atoms with Crippen LogP contribution in [0, 0.1) is 0 Å². The molecule has 0 aliphatic heterocycles. The number of rotatable bonds is 4. The van der Waals surface area contributed by atoms with Gasteiger partial charge in [-0.25, -0.2) is 0 Å². The summed E-state index contributed by atoms with van der Waals surface area (Å²) in [6, 6.07) is 15.8. The van der Waals surface area contributed by atoms with Gasteiger partial charge >= 0.3 is 6.36 Å². The highest BCUT2D eigenvalue weighted by Crippen LogP contribution is 2.27. The molecular weight excluding hydrogens is 345 g/mol. The zero-order valence-electron chi connectivity index (χ0n) is 13.3. The summed E-state index contributed by atoms with van der Waals surface area (Å²) in [6.07, 6.45) is -1.69. The van der Waals surface area contributed by atoms with E-state index in [0.29, 0.717) is 22.4 Å². The van der Waals surface area contributed by atoms with Crippen LogP contribution in [0.1, 0.15) is 10.4 Å². The van der Waals surface area contributed by atoms with E-state index in [0.717, 1.165) is 0 Å². The molecule has 1 aromatic heterocycles. The lowest BCUT2D eigenvalue weighted by molar-refractivity contribution is -0.274. The van der Waals surface area contributed by atoms with Crippen molar-refractivity contribution < 1.29 is 22.7 Å². The molecular formula is C19H13F3N2O2. The Morgan fingerprint density at radius 3 is 2.27 bits per heavy atom. The Labute approximate surface area is 147 Å². The number of aromatic nitrogens is 1. The molecule has 2 aromatic carbocycles. The molecule has 0 fully saturated rings. The first-order chi connectivity index (χ1) is 12.4. The Bertz CT molecular complexity index is 895. The fourth-order valence-electron chi connectivity index (χ4n) is 2.31. The lowest BCUT2D eigenvalue weighted by atomic mass is 10.1. The van der Waals surface area contributed by atoms with Crippen LogP contribution in [0.25, 0.3) is 11.1 Å². The lowest BCUT2D eigenvalue weighted by Crippen LogP contribution is -2.16. The summed E-state index contributed by atoms with van der Waals surface area (Å²) >= 11 is 0. The maximum atomic E-state index is 12.2. The monoisotopic (exact) mass is 358 g/mol. The fourth-order valence-corrected chi connectivity index (χ4v) is 2.31. The van der Waals surface area contributed by atoms with Gasteiger partial charge in [0.15, 0.2) is 0 Å². The molecule has 0 unspecified atom stereocenters. The SMILES string of the molecule is O=C(Nc1cncc(-c2ccc(OC(F)(F)F)cc2)c1)c1ccccc1. The summed E-state index contributed by atoms with van der Waals surface area (Å²) in [7, 11) is 0. The summed E-state index contributed by atoms with van der Waals surface area (Å²) in [6.45, 7) is 0. The van der Waals surface area contributed by atoms with Crippen LogP contribution in [0.15, 0.2) is 73.1 Å². The summed E-state index contributed by atoms with van der Waals surface area (Å²) in [5.41, 5.74) is 2.27. The molecule has 0 aliphatic carbocycles. The number of pyridine rings is 1. The molecule has 0 saturated carbocycles. The second-order valence-corrected chi connectivity index (χ2v) is 5.35. The van der Waals surface area contributed by atoms with Crippen molar-refractivity contribution in [1.29, 1.82) is 0 Å². The summed E-state index contributed by atoms with van der Waals surface area (Å²) < 4.78 is 40.5. The number of benzene rings is 2. The zero-order valence-corrected chi connectivity index (χ0v) is 13.3. The molecule has 1 amide bonds. The van der Waals surface area contributed by atoms with E-state index >= 15 is 0 Å². The first kappa shape index (κ1) is 17.5. The minimum absolute atomic E-state index is 0.279. The molecule has 0 radical (unpaired) electrons. The minimum atomic E-state index is -4.73. The largest absolute Gasteiger partial charge is 0.573 e. The van der Waals surface area contributed by atoms with E-state index in [2.05, 4.69) is 15.0 Å². The molecule has 4 nitrogen and oxygen atoms in total. The molecule has 1 N–H and O–H groups in total. The van der Waals surface area contributed by atoms with E-state index in [-0.39, 0.29) is 11.7 Å². The minimum Gasteiger partial charge on any atom is -0.406 e. The van der Waals surface area contributed by atoms with Gasteiger partial charge in [0, 0.05) is 17.3 Å². The Hall–Kier alpha value is -3.35. The van der Waals surface area contributed by atoms with Crippen LogP contribution in [0.5, 0.6) is 5.75 Å². The third-order valence-electron chi connectivity index (χ3n) is 3.45. The Kier molecular flexibility index (Phi) is 4.88. The van der Waals surface area contributed by atoms with Gasteiger partial charge in [-0.3, -0.25) is 9.78 Å². The number of amides is 1. The van der Waals surface area contributed by atoms with Crippen LogP contribution in [0.2, 0.25) is 0 Å². The van der Waals surface area contributed by atoms with Crippen LogP contribution >= 0.6 is 0 Å². The van der Waals surface area contributed by atoms with E-state index in [1.807, 2.05) is 6.07 Å². The van der Waals surface area contributed by atoms with Crippen molar-refractivity contribution in [1.82, 2.24) is 4.98 Å². The maximum Gasteiger partial charge on any atom is 0.573 e. The molecule has 0 atom stereocenters. The van der Waals surface area contributed by atoms with Gasteiger partial charge in [0.05, 0.1) is 11.9 Å². The second kappa shape index (κ2) is 7.26. The zero-order chi connectivity index (χ0) is 18.6. The number of halogens is 3. The Morgan fingerprint density at radius 2 is 1.62 bits per heavy atom. The summed E-state index contributed by atoms with van der Waals surface area (Å²) in [4.78, 5) is 16.2. The number of nitrogens with zero attached hydrogens (tertiary/aromatic N) is 1. The highest BCUT2D eigenvalue weighted by atomic mass is 19.4. The lowest BCUT2D eigenvalue weighted by Gasteiger charge is -2.10. The van der Waals surface area contributed by atoms with E-state index in [1.165, 1.54) is 30.5 Å². The first-order valence-electron chi connectivity index (χ1n) is 7.58. The van der Waals surface area contributed by atoms with Gasteiger partial charge in [-0.2, -0.15) is 0 Å². The molecule has 1 heterocycles. The Balaban J connectivity index is 1.76. The number of nitrogens with one attached hydrogen (secondary N) is 1. The third-order valence-corrected chi connectivity index (χ3v) is 3.45. The molecule has 7 heteroatoms. The smallest absolute Gasteiger partial charge is 0.406 e. The number of anilines is 1. The first-order valence-corrected chi connectivity index (χ1v) is 7.58. The number of hydrogen-bond donors (Lipinski definition) is 1. The topological polar surface area (TPSA) is 51.2 Å². The second-order valence-electron chi connectivity index (χ2n) is 5.35.